The Hall–Kier alpha value is -2.15. The minimum atomic E-state index is -0.996. The standard InChI is InChI=1S/C13H14FNO5/c14-10-5-7(1-3-9(10)12(15)16)19-6-8-2-4-11(20-8)13(17)18/h1,3,5,8,11H,2,4,6H2,(H2,15,16)(H,17,18). The second-order valence-corrected chi connectivity index (χ2v) is 4.48. The van der Waals surface area contributed by atoms with E-state index in [1.165, 1.54) is 12.1 Å². The first kappa shape index (κ1) is 14.3. The van der Waals surface area contributed by atoms with Gasteiger partial charge in [0.2, 0.25) is 0 Å². The number of benzene rings is 1. The Balaban J connectivity index is 1.90. The van der Waals surface area contributed by atoms with Crippen LogP contribution >= 0.6 is 0 Å². The molecule has 2 rings (SSSR count). The first-order valence-electron chi connectivity index (χ1n) is 6.08. The first-order chi connectivity index (χ1) is 9.47. The Kier molecular flexibility index (Phi) is 4.19. The lowest BCUT2D eigenvalue weighted by Gasteiger charge is -2.13. The van der Waals surface area contributed by atoms with Crippen LogP contribution in [0.2, 0.25) is 0 Å². The molecule has 1 saturated heterocycles. The molecule has 1 aliphatic rings. The highest BCUT2D eigenvalue weighted by Crippen LogP contribution is 2.22. The molecule has 1 fully saturated rings. The van der Waals surface area contributed by atoms with Crippen LogP contribution < -0.4 is 10.5 Å². The SMILES string of the molecule is NC(=O)c1ccc(OCC2CCC(C(=O)O)O2)cc1F. The Morgan fingerprint density at radius 2 is 2.20 bits per heavy atom. The number of carboxylic acid groups (broad SMARTS) is 1. The van der Waals surface area contributed by atoms with Crippen molar-refractivity contribution in [3.8, 4) is 5.75 Å². The van der Waals surface area contributed by atoms with Crippen LogP contribution in [-0.4, -0.2) is 35.8 Å². The van der Waals surface area contributed by atoms with Crippen molar-refractivity contribution in [3.63, 3.8) is 0 Å². The Morgan fingerprint density at radius 3 is 2.75 bits per heavy atom. The predicted molar refractivity (Wildman–Crippen MR) is 65.9 cm³/mol. The van der Waals surface area contributed by atoms with Crippen molar-refractivity contribution >= 4 is 11.9 Å². The highest BCUT2D eigenvalue weighted by Gasteiger charge is 2.30. The average molecular weight is 283 g/mol. The highest BCUT2D eigenvalue weighted by atomic mass is 19.1. The van der Waals surface area contributed by atoms with E-state index in [0.29, 0.717) is 12.8 Å². The van der Waals surface area contributed by atoms with Crippen LogP contribution in [-0.2, 0) is 9.53 Å². The minimum Gasteiger partial charge on any atom is -0.491 e. The normalized spacial score (nSPS) is 21.6. The Bertz CT molecular complexity index is 533. The summed E-state index contributed by atoms with van der Waals surface area (Å²) < 4.78 is 24.0. The maximum absolute atomic E-state index is 13.5. The molecular formula is C13H14FNO5. The number of ether oxygens (including phenoxy) is 2. The van der Waals surface area contributed by atoms with Gasteiger partial charge in [-0.3, -0.25) is 4.79 Å². The van der Waals surface area contributed by atoms with Crippen molar-refractivity contribution < 1.29 is 28.6 Å². The van der Waals surface area contributed by atoms with Crippen LogP contribution in [0.4, 0.5) is 4.39 Å². The Labute approximate surface area is 114 Å². The number of amides is 1. The topological polar surface area (TPSA) is 98.9 Å². The van der Waals surface area contributed by atoms with Crippen molar-refractivity contribution in [2.45, 2.75) is 25.0 Å². The van der Waals surface area contributed by atoms with E-state index in [1.807, 2.05) is 0 Å². The fraction of sp³-hybridized carbons (Fsp3) is 0.385. The third kappa shape index (κ3) is 3.24. The molecule has 0 bridgehead atoms. The molecule has 1 aromatic rings. The second-order valence-electron chi connectivity index (χ2n) is 4.48. The zero-order valence-electron chi connectivity index (χ0n) is 10.5. The summed E-state index contributed by atoms with van der Waals surface area (Å²) in [5.74, 6) is -2.37. The largest absolute Gasteiger partial charge is 0.491 e. The molecule has 2 unspecified atom stereocenters. The molecule has 7 heteroatoms. The maximum Gasteiger partial charge on any atom is 0.332 e. The molecule has 0 aliphatic carbocycles. The number of carbonyl (C=O) groups excluding carboxylic acids is 1. The third-order valence-electron chi connectivity index (χ3n) is 3.02. The van der Waals surface area contributed by atoms with Crippen LogP contribution in [0.15, 0.2) is 18.2 Å². The summed E-state index contributed by atoms with van der Waals surface area (Å²) in [6, 6.07) is 3.72. The van der Waals surface area contributed by atoms with Gasteiger partial charge in [0, 0.05) is 6.07 Å². The maximum atomic E-state index is 13.5. The quantitative estimate of drug-likeness (QED) is 0.837. The zero-order chi connectivity index (χ0) is 14.7. The van der Waals surface area contributed by atoms with E-state index in [1.54, 1.807) is 0 Å². The van der Waals surface area contributed by atoms with E-state index in [2.05, 4.69) is 0 Å². The van der Waals surface area contributed by atoms with Gasteiger partial charge in [0.1, 0.15) is 18.2 Å². The van der Waals surface area contributed by atoms with Gasteiger partial charge in [-0.25, -0.2) is 9.18 Å². The number of primary amides is 1. The molecule has 1 heterocycles. The molecule has 0 spiro atoms. The molecule has 1 amide bonds. The van der Waals surface area contributed by atoms with Crippen LogP contribution in [0.25, 0.3) is 0 Å². The molecule has 3 N–H and O–H groups in total. The lowest BCUT2D eigenvalue weighted by Crippen LogP contribution is -2.23. The van der Waals surface area contributed by atoms with E-state index in [-0.39, 0.29) is 24.0 Å². The summed E-state index contributed by atoms with van der Waals surface area (Å²) in [6.45, 7) is 0.124. The van der Waals surface area contributed by atoms with Gasteiger partial charge in [-0.2, -0.15) is 0 Å². The molecule has 0 radical (unpaired) electrons. The third-order valence-corrected chi connectivity index (χ3v) is 3.02. The summed E-state index contributed by atoms with van der Waals surface area (Å²) in [4.78, 5) is 21.6. The van der Waals surface area contributed by atoms with E-state index in [9.17, 15) is 14.0 Å². The number of aliphatic carboxylic acids is 1. The lowest BCUT2D eigenvalue weighted by atomic mass is 10.2. The highest BCUT2D eigenvalue weighted by molar-refractivity contribution is 5.93. The van der Waals surface area contributed by atoms with E-state index in [4.69, 9.17) is 20.3 Å². The summed E-state index contributed by atoms with van der Waals surface area (Å²) in [5.41, 5.74) is 4.78. The smallest absolute Gasteiger partial charge is 0.332 e. The second kappa shape index (κ2) is 5.87. The van der Waals surface area contributed by atoms with E-state index < -0.39 is 23.8 Å². The van der Waals surface area contributed by atoms with Crippen LogP contribution in [0.1, 0.15) is 23.2 Å². The molecule has 2 atom stereocenters. The van der Waals surface area contributed by atoms with Crippen molar-refractivity contribution in [2.75, 3.05) is 6.61 Å². The number of nitrogens with two attached hydrogens (primary N) is 1. The average Bonchev–Trinajstić information content (AvgIpc) is 2.85. The molecule has 20 heavy (non-hydrogen) atoms. The van der Waals surface area contributed by atoms with Crippen LogP contribution in [0.5, 0.6) is 5.75 Å². The van der Waals surface area contributed by atoms with Gasteiger partial charge < -0.3 is 20.3 Å². The number of hydrogen-bond donors (Lipinski definition) is 2. The van der Waals surface area contributed by atoms with Crippen LogP contribution in [0.3, 0.4) is 0 Å². The lowest BCUT2D eigenvalue weighted by molar-refractivity contribution is -0.149. The molecule has 1 aromatic carbocycles. The van der Waals surface area contributed by atoms with Gasteiger partial charge in [-0.05, 0) is 25.0 Å². The Morgan fingerprint density at radius 1 is 1.45 bits per heavy atom. The summed E-state index contributed by atoms with van der Waals surface area (Å²) in [6.07, 6.45) is -0.149. The van der Waals surface area contributed by atoms with Crippen molar-refractivity contribution in [2.24, 2.45) is 5.73 Å². The van der Waals surface area contributed by atoms with Gasteiger partial charge in [-0.15, -0.1) is 0 Å². The summed E-state index contributed by atoms with van der Waals surface area (Å²) >= 11 is 0. The van der Waals surface area contributed by atoms with Gasteiger partial charge in [-0.1, -0.05) is 0 Å². The summed E-state index contributed by atoms with van der Waals surface area (Å²) in [5, 5.41) is 8.78. The molecule has 0 aromatic heterocycles. The number of hydrogen-bond acceptors (Lipinski definition) is 4. The van der Waals surface area contributed by atoms with Crippen LogP contribution in [0, 0.1) is 5.82 Å². The molecule has 6 nitrogen and oxygen atoms in total. The van der Waals surface area contributed by atoms with Gasteiger partial charge >= 0.3 is 5.97 Å². The molecule has 108 valence electrons. The molecule has 1 aliphatic heterocycles. The fourth-order valence-electron chi connectivity index (χ4n) is 1.98. The summed E-state index contributed by atoms with van der Waals surface area (Å²) in [7, 11) is 0. The monoisotopic (exact) mass is 283 g/mol. The molecular weight excluding hydrogens is 269 g/mol. The number of carboxylic acids is 1. The van der Waals surface area contributed by atoms with E-state index in [0.717, 1.165) is 6.07 Å². The zero-order valence-corrected chi connectivity index (χ0v) is 10.5. The predicted octanol–water partition coefficient (Wildman–Crippen LogP) is 0.936. The first-order valence-corrected chi connectivity index (χ1v) is 6.08. The number of rotatable bonds is 5. The van der Waals surface area contributed by atoms with E-state index >= 15 is 0 Å². The minimum absolute atomic E-state index is 0.124. The van der Waals surface area contributed by atoms with Gasteiger partial charge in [0.05, 0.1) is 11.7 Å². The van der Waals surface area contributed by atoms with Gasteiger partial charge in [0.15, 0.2) is 6.10 Å². The van der Waals surface area contributed by atoms with Crippen molar-refractivity contribution in [3.05, 3.63) is 29.6 Å². The number of carbonyl (C=O) groups is 2. The van der Waals surface area contributed by atoms with Gasteiger partial charge in [0.25, 0.3) is 5.91 Å². The van der Waals surface area contributed by atoms with Crippen molar-refractivity contribution in [1.29, 1.82) is 0 Å². The fourth-order valence-corrected chi connectivity index (χ4v) is 1.98. The molecule has 0 saturated carbocycles. The van der Waals surface area contributed by atoms with Crippen molar-refractivity contribution in [1.82, 2.24) is 0 Å². The number of halogens is 1.